The molecule has 1 heterocycles. The number of hydrogen-bond acceptors (Lipinski definition) is 4. The summed E-state index contributed by atoms with van der Waals surface area (Å²) in [7, 11) is 0. The SMILES string of the molecule is CC1(O)CCN(CCCCOc2ccccc2)CC1O. The number of piperidine rings is 1. The van der Waals surface area contributed by atoms with Crippen molar-refractivity contribution in [2.45, 2.75) is 37.9 Å². The molecule has 1 aromatic carbocycles. The lowest BCUT2D eigenvalue weighted by Crippen LogP contribution is -2.53. The van der Waals surface area contributed by atoms with Gasteiger partial charge in [0, 0.05) is 13.1 Å². The Morgan fingerprint density at radius 2 is 2.05 bits per heavy atom. The highest BCUT2D eigenvalue weighted by atomic mass is 16.5. The van der Waals surface area contributed by atoms with E-state index in [4.69, 9.17) is 4.74 Å². The molecule has 0 saturated carbocycles. The van der Waals surface area contributed by atoms with Gasteiger partial charge in [0.2, 0.25) is 0 Å². The van der Waals surface area contributed by atoms with Crippen molar-refractivity contribution in [3.05, 3.63) is 30.3 Å². The monoisotopic (exact) mass is 279 g/mol. The molecule has 0 radical (unpaired) electrons. The van der Waals surface area contributed by atoms with E-state index in [0.29, 0.717) is 13.0 Å². The fourth-order valence-electron chi connectivity index (χ4n) is 2.43. The van der Waals surface area contributed by atoms with Crippen molar-refractivity contribution in [3.63, 3.8) is 0 Å². The summed E-state index contributed by atoms with van der Waals surface area (Å²) in [6, 6.07) is 9.84. The molecule has 2 unspecified atom stereocenters. The molecule has 2 N–H and O–H groups in total. The third-order valence-electron chi connectivity index (χ3n) is 3.96. The zero-order chi connectivity index (χ0) is 14.4. The van der Waals surface area contributed by atoms with Crippen LogP contribution in [0.5, 0.6) is 5.75 Å². The molecular weight excluding hydrogens is 254 g/mol. The fourth-order valence-corrected chi connectivity index (χ4v) is 2.43. The van der Waals surface area contributed by atoms with Gasteiger partial charge in [-0.25, -0.2) is 0 Å². The molecule has 2 rings (SSSR count). The van der Waals surface area contributed by atoms with Gasteiger partial charge in [0.05, 0.1) is 18.3 Å². The molecule has 4 nitrogen and oxygen atoms in total. The maximum atomic E-state index is 9.90. The number of ether oxygens (including phenoxy) is 1. The van der Waals surface area contributed by atoms with Crippen molar-refractivity contribution < 1.29 is 14.9 Å². The summed E-state index contributed by atoms with van der Waals surface area (Å²) in [4.78, 5) is 2.21. The van der Waals surface area contributed by atoms with E-state index in [1.165, 1.54) is 0 Å². The lowest BCUT2D eigenvalue weighted by molar-refractivity contribution is -0.107. The number of unbranched alkanes of at least 4 members (excludes halogenated alkanes) is 1. The van der Waals surface area contributed by atoms with Crippen LogP contribution in [0.15, 0.2) is 30.3 Å². The highest BCUT2D eigenvalue weighted by Crippen LogP contribution is 2.22. The highest BCUT2D eigenvalue weighted by molar-refractivity contribution is 5.20. The summed E-state index contributed by atoms with van der Waals surface area (Å²) < 4.78 is 5.64. The van der Waals surface area contributed by atoms with Gasteiger partial charge in [0.1, 0.15) is 5.75 Å². The number of β-amino-alcohol motifs (C(OH)–C–C–N with tert-alkyl or cyclic N) is 1. The first kappa shape index (κ1) is 15.3. The smallest absolute Gasteiger partial charge is 0.119 e. The van der Waals surface area contributed by atoms with E-state index in [1.54, 1.807) is 6.92 Å². The molecule has 2 atom stereocenters. The van der Waals surface area contributed by atoms with E-state index in [2.05, 4.69) is 4.90 Å². The predicted octanol–water partition coefficient (Wildman–Crippen LogP) is 1.66. The van der Waals surface area contributed by atoms with E-state index in [-0.39, 0.29) is 0 Å². The standard InChI is InChI=1S/C16H25NO3/c1-16(19)9-11-17(13-15(16)18)10-5-6-12-20-14-7-3-2-4-8-14/h2-4,7-8,15,18-19H,5-6,9-13H2,1H3. The van der Waals surface area contributed by atoms with Crippen LogP contribution in [0.25, 0.3) is 0 Å². The second-order valence-corrected chi connectivity index (χ2v) is 5.79. The maximum absolute atomic E-state index is 9.90. The second kappa shape index (κ2) is 7.07. The molecule has 0 aliphatic carbocycles. The Morgan fingerprint density at radius 1 is 1.30 bits per heavy atom. The minimum absolute atomic E-state index is 0.562. The van der Waals surface area contributed by atoms with Crippen LogP contribution in [0.4, 0.5) is 0 Å². The van der Waals surface area contributed by atoms with E-state index in [1.807, 2.05) is 30.3 Å². The van der Waals surface area contributed by atoms with Crippen molar-refractivity contribution in [3.8, 4) is 5.75 Å². The summed E-state index contributed by atoms with van der Waals surface area (Å²) in [5, 5.41) is 19.7. The van der Waals surface area contributed by atoms with Gasteiger partial charge in [-0.1, -0.05) is 18.2 Å². The summed E-state index contributed by atoms with van der Waals surface area (Å²) in [5.41, 5.74) is -0.924. The zero-order valence-electron chi connectivity index (χ0n) is 12.2. The van der Waals surface area contributed by atoms with Gasteiger partial charge in [-0.15, -0.1) is 0 Å². The lowest BCUT2D eigenvalue weighted by Gasteiger charge is -2.39. The Bertz CT molecular complexity index is 394. The van der Waals surface area contributed by atoms with Crippen LogP contribution in [0.1, 0.15) is 26.2 Å². The molecule has 1 aliphatic heterocycles. The quantitative estimate of drug-likeness (QED) is 0.778. The lowest BCUT2D eigenvalue weighted by atomic mass is 9.91. The number of benzene rings is 1. The molecule has 0 aromatic heterocycles. The van der Waals surface area contributed by atoms with Gasteiger partial charge in [-0.2, -0.15) is 0 Å². The molecule has 0 bridgehead atoms. The van der Waals surface area contributed by atoms with E-state index in [0.717, 1.165) is 38.3 Å². The van der Waals surface area contributed by atoms with Gasteiger partial charge in [-0.3, -0.25) is 0 Å². The van der Waals surface area contributed by atoms with Crippen molar-refractivity contribution in [1.29, 1.82) is 0 Å². The van der Waals surface area contributed by atoms with Crippen molar-refractivity contribution in [2.75, 3.05) is 26.2 Å². The van der Waals surface area contributed by atoms with Crippen LogP contribution < -0.4 is 4.74 Å². The fraction of sp³-hybridized carbons (Fsp3) is 0.625. The number of para-hydroxylation sites is 1. The summed E-state index contributed by atoms with van der Waals surface area (Å²) in [6.45, 7) is 4.79. The third-order valence-corrected chi connectivity index (χ3v) is 3.96. The molecule has 4 heteroatoms. The number of aliphatic hydroxyl groups excluding tert-OH is 1. The van der Waals surface area contributed by atoms with Crippen molar-refractivity contribution in [2.24, 2.45) is 0 Å². The van der Waals surface area contributed by atoms with E-state index < -0.39 is 11.7 Å². The zero-order valence-corrected chi connectivity index (χ0v) is 12.2. The van der Waals surface area contributed by atoms with Crippen LogP contribution in [0, 0.1) is 0 Å². The first-order valence-electron chi connectivity index (χ1n) is 7.38. The largest absolute Gasteiger partial charge is 0.494 e. The molecule has 0 spiro atoms. The maximum Gasteiger partial charge on any atom is 0.119 e. The highest BCUT2D eigenvalue weighted by Gasteiger charge is 2.35. The molecule has 1 aliphatic rings. The summed E-state index contributed by atoms with van der Waals surface area (Å²) in [5.74, 6) is 0.914. The predicted molar refractivity (Wildman–Crippen MR) is 78.9 cm³/mol. The van der Waals surface area contributed by atoms with Gasteiger partial charge in [-0.05, 0) is 44.9 Å². The van der Waals surface area contributed by atoms with Gasteiger partial charge in [0.25, 0.3) is 0 Å². The van der Waals surface area contributed by atoms with Crippen LogP contribution in [0.2, 0.25) is 0 Å². The molecular formula is C16H25NO3. The topological polar surface area (TPSA) is 52.9 Å². The second-order valence-electron chi connectivity index (χ2n) is 5.79. The number of likely N-dealkylation sites (tertiary alicyclic amines) is 1. The first-order chi connectivity index (χ1) is 9.58. The number of nitrogens with zero attached hydrogens (tertiary/aromatic N) is 1. The Kier molecular flexibility index (Phi) is 5.40. The normalized spacial score (nSPS) is 27.4. The first-order valence-corrected chi connectivity index (χ1v) is 7.38. The minimum atomic E-state index is -0.924. The Morgan fingerprint density at radius 3 is 2.75 bits per heavy atom. The molecule has 1 saturated heterocycles. The van der Waals surface area contributed by atoms with Crippen LogP contribution >= 0.6 is 0 Å². The minimum Gasteiger partial charge on any atom is -0.494 e. The van der Waals surface area contributed by atoms with E-state index in [9.17, 15) is 10.2 Å². The molecule has 0 amide bonds. The van der Waals surface area contributed by atoms with Crippen LogP contribution in [0.3, 0.4) is 0 Å². The molecule has 1 fully saturated rings. The van der Waals surface area contributed by atoms with Crippen LogP contribution in [-0.2, 0) is 0 Å². The van der Waals surface area contributed by atoms with Gasteiger partial charge >= 0.3 is 0 Å². The number of aliphatic hydroxyl groups is 2. The van der Waals surface area contributed by atoms with Gasteiger partial charge in [0.15, 0.2) is 0 Å². The molecule has 1 aromatic rings. The summed E-state index contributed by atoms with van der Waals surface area (Å²) >= 11 is 0. The third kappa shape index (κ3) is 4.47. The van der Waals surface area contributed by atoms with Gasteiger partial charge < -0.3 is 19.8 Å². The van der Waals surface area contributed by atoms with Crippen molar-refractivity contribution in [1.82, 2.24) is 4.90 Å². The average molecular weight is 279 g/mol. The molecule has 112 valence electrons. The number of rotatable bonds is 6. The van der Waals surface area contributed by atoms with Crippen LogP contribution in [-0.4, -0.2) is 53.1 Å². The molecule has 20 heavy (non-hydrogen) atoms. The average Bonchev–Trinajstić information content (AvgIpc) is 2.44. The Balaban J connectivity index is 1.58. The summed E-state index contributed by atoms with van der Waals surface area (Å²) in [6.07, 6.45) is 2.03. The Labute approximate surface area is 121 Å². The van der Waals surface area contributed by atoms with Crippen molar-refractivity contribution >= 4 is 0 Å². The van der Waals surface area contributed by atoms with E-state index >= 15 is 0 Å². The number of hydrogen-bond donors (Lipinski definition) is 2. The Hall–Kier alpha value is -1.10.